The standard InChI is InChI=1S/C17H37N5O4S.HI/c1-10-18-13(20-12-17(7,8)22-27(9,24)25)19-11-16(5,6)21-14(23)26-15(2,3)4;/h22H,10-12H2,1-9H3,(H,21,23)(H2,18,19,20);1H. The molecule has 0 heterocycles. The maximum absolute atomic E-state index is 12.0. The van der Waals surface area contributed by atoms with E-state index in [4.69, 9.17) is 4.74 Å². The second-order valence-electron chi connectivity index (χ2n) is 8.82. The molecule has 11 heteroatoms. The first-order chi connectivity index (χ1) is 11.9. The van der Waals surface area contributed by atoms with E-state index in [0.29, 0.717) is 19.0 Å². The zero-order chi connectivity index (χ0) is 21.5. The van der Waals surface area contributed by atoms with Crippen LogP contribution in [0.5, 0.6) is 0 Å². The van der Waals surface area contributed by atoms with Crippen LogP contribution >= 0.6 is 24.0 Å². The van der Waals surface area contributed by atoms with Crippen molar-refractivity contribution in [2.75, 3.05) is 25.9 Å². The molecule has 0 saturated carbocycles. The van der Waals surface area contributed by atoms with Crippen molar-refractivity contribution in [3.05, 3.63) is 0 Å². The lowest BCUT2D eigenvalue weighted by Gasteiger charge is -2.29. The molecule has 28 heavy (non-hydrogen) atoms. The van der Waals surface area contributed by atoms with Crippen LogP contribution in [0, 0.1) is 0 Å². The number of ether oxygens (including phenoxy) is 1. The molecule has 4 N–H and O–H groups in total. The van der Waals surface area contributed by atoms with Gasteiger partial charge >= 0.3 is 6.09 Å². The Morgan fingerprint density at radius 1 is 1.00 bits per heavy atom. The van der Waals surface area contributed by atoms with Crippen molar-refractivity contribution in [2.45, 2.75) is 72.1 Å². The number of aliphatic imine (C=N–C) groups is 1. The lowest BCUT2D eigenvalue weighted by molar-refractivity contribution is 0.0474. The van der Waals surface area contributed by atoms with Crippen molar-refractivity contribution < 1.29 is 17.9 Å². The van der Waals surface area contributed by atoms with Crippen LogP contribution in [-0.4, -0.2) is 63.0 Å². The number of nitrogens with one attached hydrogen (secondary N) is 4. The summed E-state index contributed by atoms with van der Waals surface area (Å²) in [6, 6.07) is 0. The minimum atomic E-state index is -3.33. The van der Waals surface area contributed by atoms with E-state index in [1.807, 2.05) is 20.8 Å². The summed E-state index contributed by atoms with van der Waals surface area (Å²) >= 11 is 0. The SMILES string of the molecule is CCNC(=NCC(C)(C)NS(C)(=O)=O)NCC(C)(C)NC(=O)OC(C)(C)C.I. The van der Waals surface area contributed by atoms with Gasteiger partial charge in [0.2, 0.25) is 10.0 Å². The fraction of sp³-hybridized carbons (Fsp3) is 0.882. The summed E-state index contributed by atoms with van der Waals surface area (Å²) in [6.45, 7) is 15.9. The zero-order valence-electron chi connectivity index (χ0n) is 18.5. The molecule has 0 unspecified atom stereocenters. The van der Waals surface area contributed by atoms with Crippen LogP contribution in [0.4, 0.5) is 4.79 Å². The minimum Gasteiger partial charge on any atom is -0.444 e. The van der Waals surface area contributed by atoms with Crippen molar-refractivity contribution in [1.82, 2.24) is 20.7 Å². The van der Waals surface area contributed by atoms with Gasteiger partial charge in [0, 0.05) is 18.6 Å². The Hall–Kier alpha value is -0.820. The molecule has 0 aliphatic heterocycles. The lowest BCUT2D eigenvalue weighted by Crippen LogP contribution is -2.54. The largest absolute Gasteiger partial charge is 0.444 e. The van der Waals surface area contributed by atoms with E-state index in [1.165, 1.54) is 0 Å². The number of hydrogen-bond acceptors (Lipinski definition) is 5. The molecule has 168 valence electrons. The number of amides is 1. The summed E-state index contributed by atoms with van der Waals surface area (Å²) in [6.07, 6.45) is 0.627. The average Bonchev–Trinajstić information content (AvgIpc) is 2.36. The number of guanidine groups is 1. The maximum atomic E-state index is 12.0. The van der Waals surface area contributed by atoms with E-state index in [-0.39, 0.29) is 30.5 Å². The Kier molecular flexibility index (Phi) is 11.9. The van der Waals surface area contributed by atoms with Gasteiger partial charge in [0.25, 0.3) is 0 Å². The molecule has 0 aliphatic rings. The van der Waals surface area contributed by atoms with Crippen LogP contribution in [0.25, 0.3) is 0 Å². The Morgan fingerprint density at radius 3 is 1.96 bits per heavy atom. The van der Waals surface area contributed by atoms with Gasteiger partial charge in [-0.25, -0.2) is 17.9 Å². The molecule has 0 bridgehead atoms. The van der Waals surface area contributed by atoms with Crippen molar-refractivity contribution in [2.24, 2.45) is 4.99 Å². The Morgan fingerprint density at radius 2 is 1.54 bits per heavy atom. The highest BCUT2D eigenvalue weighted by Gasteiger charge is 2.25. The van der Waals surface area contributed by atoms with E-state index in [0.717, 1.165) is 6.26 Å². The van der Waals surface area contributed by atoms with Crippen LogP contribution in [-0.2, 0) is 14.8 Å². The van der Waals surface area contributed by atoms with E-state index >= 15 is 0 Å². The van der Waals surface area contributed by atoms with Gasteiger partial charge in [0.05, 0.1) is 18.3 Å². The van der Waals surface area contributed by atoms with Crippen molar-refractivity contribution in [1.29, 1.82) is 0 Å². The van der Waals surface area contributed by atoms with E-state index in [1.54, 1.807) is 34.6 Å². The van der Waals surface area contributed by atoms with Gasteiger partial charge in [0.15, 0.2) is 5.96 Å². The first-order valence-corrected chi connectivity index (χ1v) is 10.9. The number of nitrogens with zero attached hydrogens (tertiary/aromatic N) is 1. The van der Waals surface area contributed by atoms with Crippen molar-refractivity contribution in [3.8, 4) is 0 Å². The normalized spacial score (nSPS) is 13.4. The van der Waals surface area contributed by atoms with Crippen LogP contribution in [0.3, 0.4) is 0 Å². The molecule has 1 amide bonds. The summed E-state index contributed by atoms with van der Waals surface area (Å²) in [4.78, 5) is 16.4. The molecule has 0 saturated heterocycles. The van der Waals surface area contributed by atoms with E-state index < -0.39 is 32.8 Å². The number of carbonyl (C=O) groups excluding carboxylic acids is 1. The first-order valence-electron chi connectivity index (χ1n) is 8.97. The maximum Gasteiger partial charge on any atom is 0.408 e. The smallest absolute Gasteiger partial charge is 0.408 e. The van der Waals surface area contributed by atoms with Crippen molar-refractivity contribution in [3.63, 3.8) is 0 Å². The average molecular weight is 535 g/mol. The minimum absolute atomic E-state index is 0. The molecule has 0 fully saturated rings. The number of sulfonamides is 1. The van der Waals surface area contributed by atoms with Gasteiger partial charge in [-0.1, -0.05) is 0 Å². The quantitative estimate of drug-likeness (QED) is 0.214. The third kappa shape index (κ3) is 16.2. The molecule has 0 aromatic heterocycles. The molecule has 0 radical (unpaired) electrons. The second-order valence-corrected chi connectivity index (χ2v) is 10.6. The topological polar surface area (TPSA) is 121 Å². The highest BCUT2D eigenvalue weighted by atomic mass is 127. The molecule has 0 rings (SSSR count). The highest BCUT2D eigenvalue weighted by Crippen LogP contribution is 2.09. The van der Waals surface area contributed by atoms with Gasteiger partial charge in [-0.15, -0.1) is 24.0 Å². The highest BCUT2D eigenvalue weighted by molar-refractivity contribution is 14.0. The van der Waals surface area contributed by atoms with Crippen molar-refractivity contribution >= 4 is 46.1 Å². The summed E-state index contributed by atoms with van der Waals surface area (Å²) < 4.78 is 30.7. The molecule has 9 nitrogen and oxygen atoms in total. The van der Waals surface area contributed by atoms with Crippen LogP contribution in [0.2, 0.25) is 0 Å². The van der Waals surface area contributed by atoms with Gasteiger partial charge in [-0.05, 0) is 55.4 Å². The Bertz CT molecular complexity index is 628. The van der Waals surface area contributed by atoms with Gasteiger partial charge < -0.3 is 20.7 Å². The van der Waals surface area contributed by atoms with Crippen LogP contribution < -0.4 is 20.7 Å². The predicted molar refractivity (Wildman–Crippen MR) is 125 cm³/mol. The third-order valence-corrected chi connectivity index (χ3v) is 3.90. The summed E-state index contributed by atoms with van der Waals surface area (Å²) in [5.41, 5.74) is -1.87. The number of hydrogen-bond donors (Lipinski definition) is 4. The Labute approximate surface area is 187 Å². The second kappa shape index (κ2) is 11.4. The van der Waals surface area contributed by atoms with Gasteiger partial charge in [-0.2, -0.15) is 0 Å². The first kappa shape index (κ1) is 29.4. The lowest BCUT2D eigenvalue weighted by atomic mass is 10.1. The fourth-order valence-electron chi connectivity index (χ4n) is 2.08. The number of halogens is 1. The fourth-order valence-corrected chi connectivity index (χ4v) is 3.15. The van der Waals surface area contributed by atoms with E-state index in [9.17, 15) is 13.2 Å². The molecule has 0 aliphatic carbocycles. The summed E-state index contributed by atoms with van der Waals surface area (Å²) in [7, 11) is -3.33. The van der Waals surface area contributed by atoms with Gasteiger partial charge in [-0.3, -0.25) is 4.99 Å². The molecule has 0 aromatic carbocycles. The zero-order valence-corrected chi connectivity index (χ0v) is 21.7. The molecular weight excluding hydrogens is 497 g/mol. The Balaban J connectivity index is 0. The van der Waals surface area contributed by atoms with E-state index in [2.05, 4.69) is 25.7 Å². The van der Waals surface area contributed by atoms with Crippen LogP contribution in [0.15, 0.2) is 4.99 Å². The molecule has 0 atom stereocenters. The molecular formula is C17H38IN5O4S. The monoisotopic (exact) mass is 535 g/mol. The third-order valence-electron chi connectivity index (χ3n) is 2.98. The molecule has 0 spiro atoms. The molecule has 0 aromatic rings. The number of alkyl carbamates (subject to hydrolysis) is 1. The number of carbonyl (C=O) groups is 1. The van der Waals surface area contributed by atoms with Gasteiger partial charge in [0.1, 0.15) is 5.60 Å². The van der Waals surface area contributed by atoms with Crippen LogP contribution in [0.1, 0.15) is 55.4 Å². The summed E-state index contributed by atoms with van der Waals surface area (Å²) in [5.74, 6) is 0.528. The predicted octanol–water partition coefficient (Wildman–Crippen LogP) is 1.79. The number of rotatable bonds is 8. The summed E-state index contributed by atoms with van der Waals surface area (Å²) in [5, 5.41) is 9.07.